The molecule has 9 nitrogen and oxygen atoms in total. The molecule has 7 unspecified atom stereocenters. The van der Waals surface area contributed by atoms with Crippen molar-refractivity contribution in [2.75, 3.05) is 0 Å². The van der Waals surface area contributed by atoms with Crippen molar-refractivity contribution in [2.24, 2.45) is 34.0 Å². The molecule has 0 aliphatic heterocycles. The monoisotopic (exact) mass is 518 g/mol. The molecule has 0 amide bonds. The van der Waals surface area contributed by atoms with E-state index in [1.807, 2.05) is 6.92 Å². The summed E-state index contributed by atoms with van der Waals surface area (Å²) in [5.74, 6) is -3.98. The molecule has 4 fully saturated rings. The third-order valence-corrected chi connectivity index (χ3v) is 9.66. The zero-order valence-electron chi connectivity index (χ0n) is 22.8. The Morgan fingerprint density at radius 2 is 1.35 bits per heavy atom. The van der Waals surface area contributed by atoms with Gasteiger partial charge in [-0.25, -0.2) is 0 Å². The van der Waals surface area contributed by atoms with Gasteiger partial charge in [-0.05, 0) is 42.6 Å². The highest BCUT2D eigenvalue weighted by molar-refractivity contribution is 6.05. The van der Waals surface area contributed by atoms with E-state index in [9.17, 15) is 24.0 Å². The lowest BCUT2D eigenvalue weighted by molar-refractivity contribution is -0.283. The zero-order chi connectivity index (χ0) is 27.7. The predicted octanol–water partition coefficient (Wildman–Crippen LogP) is 3.32. The van der Waals surface area contributed by atoms with E-state index in [1.54, 1.807) is 0 Å². The van der Waals surface area contributed by atoms with Gasteiger partial charge in [0, 0.05) is 44.9 Å². The van der Waals surface area contributed by atoms with Crippen molar-refractivity contribution in [3.8, 4) is 0 Å². The summed E-state index contributed by atoms with van der Waals surface area (Å²) in [4.78, 5) is 63.8. The van der Waals surface area contributed by atoms with Gasteiger partial charge in [-0.3, -0.25) is 24.0 Å². The molecule has 4 aliphatic rings. The molecule has 4 rings (SSSR count). The van der Waals surface area contributed by atoms with E-state index in [0.717, 1.165) is 6.42 Å². The molecular formula is C28H38O9. The first-order valence-corrected chi connectivity index (χ1v) is 13.0. The highest BCUT2D eigenvalue weighted by Crippen LogP contribution is 2.72. The second-order valence-corrected chi connectivity index (χ2v) is 12.2. The molecule has 0 heterocycles. The number of esters is 4. The second-order valence-electron chi connectivity index (χ2n) is 12.2. The molecule has 2 bridgehead atoms. The lowest BCUT2D eigenvalue weighted by atomic mass is 9.38. The van der Waals surface area contributed by atoms with E-state index in [-0.39, 0.29) is 29.1 Å². The summed E-state index contributed by atoms with van der Waals surface area (Å²) in [6, 6.07) is 0. The summed E-state index contributed by atoms with van der Waals surface area (Å²) in [5, 5.41) is 0. The van der Waals surface area contributed by atoms with Crippen LogP contribution in [0.2, 0.25) is 0 Å². The molecule has 4 saturated carbocycles. The first-order valence-electron chi connectivity index (χ1n) is 13.0. The fraction of sp³-hybridized carbons (Fsp3) is 0.750. The Balaban J connectivity index is 2.05. The maximum atomic E-state index is 14.3. The first kappa shape index (κ1) is 27.3. The summed E-state index contributed by atoms with van der Waals surface area (Å²) in [6.45, 7) is 15.5. The molecular weight excluding hydrogens is 480 g/mol. The van der Waals surface area contributed by atoms with Gasteiger partial charge in [-0.2, -0.15) is 0 Å². The van der Waals surface area contributed by atoms with Crippen LogP contribution in [0.4, 0.5) is 0 Å². The SMILES string of the molecule is C=C1C(=O)C23C(OC(C)=O)C1CC(OC(C)=O)C2[C@]1(C)C(OC(C)=O)CCC(C)(C)C1C[C@H]3OC(C)=O. The Kier molecular flexibility index (Phi) is 6.61. The molecule has 0 saturated heterocycles. The normalized spacial score (nSPS) is 41.6. The molecule has 37 heavy (non-hydrogen) atoms. The van der Waals surface area contributed by atoms with Gasteiger partial charge in [-0.15, -0.1) is 0 Å². The van der Waals surface area contributed by atoms with Gasteiger partial charge in [0.1, 0.15) is 29.8 Å². The number of ether oxygens (including phenoxy) is 4. The predicted molar refractivity (Wildman–Crippen MR) is 130 cm³/mol. The van der Waals surface area contributed by atoms with Crippen molar-refractivity contribution in [3.05, 3.63) is 12.2 Å². The minimum atomic E-state index is -1.53. The highest BCUT2D eigenvalue weighted by Gasteiger charge is 2.80. The fourth-order valence-corrected chi connectivity index (χ4v) is 8.69. The van der Waals surface area contributed by atoms with Crippen LogP contribution in [-0.4, -0.2) is 54.1 Å². The van der Waals surface area contributed by atoms with Gasteiger partial charge in [0.2, 0.25) is 0 Å². The highest BCUT2D eigenvalue weighted by atomic mass is 16.6. The Bertz CT molecular complexity index is 1060. The van der Waals surface area contributed by atoms with Crippen LogP contribution in [0.3, 0.4) is 0 Å². The zero-order valence-corrected chi connectivity index (χ0v) is 22.8. The van der Waals surface area contributed by atoms with Crippen molar-refractivity contribution in [2.45, 2.75) is 98.6 Å². The minimum Gasteiger partial charge on any atom is -0.462 e. The first-order chi connectivity index (χ1) is 17.1. The van der Waals surface area contributed by atoms with Crippen LogP contribution in [0.25, 0.3) is 0 Å². The van der Waals surface area contributed by atoms with Crippen LogP contribution in [0, 0.1) is 34.0 Å². The van der Waals surface area contributed by atoms with E-state index in [2.05, 4.69) is 20.4 Å². The number of hydrogen-bond acceptors (Lipinski definition) is 9. The number of rotatable bonds is 4. The van der Waals surface area contributed by atoms with E-state index in [0.29, 0.717) is 12.8 Å². The van der Waals surface area contributed by atoms with Crippen LogP contribution >= 0.6 is 0 Å². The molecule has 9 heteroatoms. The molecule has 204 valence electrons. The molecule has 1 spiro atoms. The van der Waals surface area contributed by atoms with Crippen molar-refractivity contribution in [1.29, 1.82) is 0 Å². The van der Waals surface area contributed by atoms with Gasteiger partial charge in [-0.1, -0.05) is 27.4 Å². The van der Waals surface area contributed by atoms with Gasteiger partial charge < -0.3 is 18.9 Å². The average Bonchev–Trinajstić information content (AvgIpc) is 2.87. The number of ketones is 1. The Morgan fingerprint density at radius 3 is 1.89 bits per heavy atom. The number of carbonyl (C=O) groups is 5. The number of hydrogen-bond donors (Lipinski definition) is 0. The van der Waals surface area contributed by atoms with E-state index in [1.165, 1.54) is 27.7 Å². The van der Waals surface area contributed by atoms with Gasteiger partial charge in [0.25, 0.3) is 0 Å². The van der Waals surface area contributed by atoms with Crippen LogP contribution in [0.15, 0.2) is 12.2 Å². The summed E-state index contributed by atoms with van der Waals surface area (Å²) in [7, 11) is 0. The van der Waals surface area contributed by atoms with Crippen LogP contribution < -0.4 is 0 Å². The quantitative estimate of drug-likeness (QED) is 0.313. The van der Waals surface area contributed by atoms with Crippen molar-refractivity contribution < 1.29 is 42.9 Å². The molecule has 0 aromatic carbocycles. The molecule has 0 aromatic heterocycles. The average molecular weight is 519 g/mol. The van der Waals surface area contributed by atoms with E-state index >= 15 is 0 Å². The maximum absolute atomic E-state index is 14.3. The topological polar surface area (TPSA) is 122 Å². The summed E-state index contributed by atoms with van der Waals surface area (Å²) >= 11 is 0. The van der Waals surface area contributed by atoms with Gasteiger partial charge >= 0.3 is 23.9 Å². The second kappa shape index (κ2) is 8.95. The Morgan fingerprint density at radius 1 is 0.811 bits per heavy atom. The van der Waals surface area contributed by atoms with Gasteiger partial charge in [0.15, 0.2) is 5.78 Å². The number of fused-ring (bicyclic) bond motifs is 3. The van der Waals surface area contributed by atoms with Gasteiger partial charge in [0.05, 0.1) is 0 Å². The lowest BCUT2D eigenvalue weighted by Gasteiger charge is -2.67. The van der Waals surface area contributed by atoms with Crippen LogP contribution in [0.1, 0.15) is 74.1 Å². The Labute approximate surface area is 217 Å². The Hall–Kier alpha value is -2.71. The van der Waals surface area contributed by atoms with Crippen LogP contribution in [-0.2, 0) is 42.9 Å². The molecule has 4 aliphatic carbocycles. The lowest BCUT2D eigenvalue weighted by Crippen LogP contribution is -2.74. The summed E-state index contributed by atoms with van der Waals surface area (Å²) in [5.41, 5.74) is -2.41. The standard InChI is InChI=1S/C28H38O9/c1-13-18-11-19(34-14(2)29)23-27(8)20(26(6,7)10-9-21(27)35-15(3)30)12-22(36-16(4)31)28(23,24(13)33)25(18)37-17(5)32/h18-23,25H,1,9-12H2,2-8H3/t18?,19?,20?,21?,22-,23?,25?,27+,28?/m1/s1. The summed E-state index contributed by atoms with van der Waals surface area (Å²) < 4.78 is 23.7. The minimum absolute atomic E-state index is 0.174. The summed E-state index contributed by atoms with van der Waals surface area (Å²) in [6.07, 6.45) is -1.44. The molecule has 0 N–H and O–H groups in total. The molecule has 0 aromatic rings. The number of carbonyl (C=O) groups excluding carboxylic acids is 5. The maximum Gasteiger partial charge on any atom is 0.302 e. The number of Topliss-reactive ketones (excluding diaryl/α,β-unsaturated/α-hetero) is 1. The van der Waals surface area contributed by atoms with Crippen molar-refractivity contribution in [1.82, 2.24) is 0 Å². The van der Waals surface area contributed by atoms with Crippen LogP contribution in [0.5, 0.6) is 0 Å². The molecule has 9 atom stereocenters. The smallest absolute Gasteiger partial charge is 0.302 e. The largest absolute Gasteiger partial charge is 0.462 e. The van der Waals surface area contributed by atoms with Crippen molar-refractivity contribution >= 4 is 29.7 Å². The third-order valence-electron chi connectivity index (χ3n) is 9.66. The molecule has 0 radical (unpaired) electrons. The fourth-order valence-electron chi connectivity index (χ4n) is 8.69. The third kappa shape index (κ3) is 3.91. The van der Waals surface area contributed by atoms with E-state index in [4.69, 9.17) is 18.9 Å². The van der Waals surface area contributed by atoms with E-state index < -0.39 is 71.0 Å². The van der Waals surface area contributed by atoms with Crippen molar-refractivity contribution in [3.63, 3.8) is 0 Å².